The van der Waals surface area contributed by atoms with Gasteiger partial charge in [-0.3, -0.25) is 4.79 Å². The van der Waals surface area contributed by atoms with E-state index >= 15 is 0 Å². The largest absolute Gasteiger partial charge is 0.507 e. The van der Waals surface area contributed by atoms with Crippen LogP contribution in [0.15, 0.2) is 95.6 Å². The summed E-state index contributed by atoms with van der Waals surface area (Å²) in [5.74, 6) is 0.369. The van der Waals surface area contributed by atoms with Crippen LogP contribution in [0.5, 0.6) is 5.75 Å². The molecule has 4 aromatic rings. The number of aromatic nitrogens is 1. The van der Waals surface area contributed by atoms with Gasteiger partial charge in [-0.05, 0) is 29.7 Å². The molecule has 144 valence electrons. The summed E-state index contributed by atoms with van der Waals surface area (Å²) in [5, 5.41) is 9.96. The van der Waals surface area contributed by atoms with Crippen molar-refractivity contribution in [2.45, 2.75) is 18.8 Å². The molecule has 1 heterocycles. The lowest BCUT2D eigenvalue weighted by Crippen LogP contribution is -2.06. The summed E-state index contributed by atoms with van der Waals surface area (Å²) in [5.41, 5.74) is 3.12. The van der Waals surface area contributed by atoms with Crippen molar-refractivity contribution in [2.24, 2.45) is 0 Å². The Labute approximate surface area is 169 Å². The first-order chi connectivity index (χ1) is 14.2. The Kier molecular flexibility index (Phi) is 5.52. The number of carbonyl (C=O) groups excluding carboxylic acids is 1. The number of rotatable bonds is 7. The summed E-state index contributed by atoms with van der Waals surface area (Å²) in [4.78, 5) is 17.0. The lowest BCUT2D eigenvalue weighted by molar-refractivity contribution is 0.0974. The van der Waals surface area contributed by atoms with Gasteiger partial charge in [-0.1, -0.05) is 72.8 Å². The first-order valence-electron chi connectivity index (χ1n) is 9.59. The zero-order valence-electron chi connectivity index (χ0n) is 15.9. The number of oxazole rings is 1. The van der Waals surface area contributed by atoms with Gasteiger partial charge in [-0.15, -0.1) is 0 Å². The SMILES string of the molecule is O=C(CCC(c1ccccc1)c1ccccc1)c1coc(-c2ccccc2O)n1. The monoisotopic (exact) mass is 383 g/mol. The molecule has 0 aliphatic carbocycles. The van der Waals surface area contributed by atoms with Crippen molar-refractivity contribution < 1.29 is 14.3 Å². The topological polar surface area (TPSA) is 63.3 Å². The molecule has 0 saturated heterocycles. The molecule has 0 saturated carbocycles. The van der Waals surface area contributed by atoms with Crippen molar-refractivity contribution >= 4 is 5.78 Å². The zero-order chi connectivity index (χ0) is 20.1. The fraction of sp³-hybridized carbons (Fsp3) is 0.120. The third-order valence-electron chi connectivity index (χ3n) is 4.99. The van der Waals surface area contributed by atoms with Crippen molar-refractivity contribution in [2.75, 3.05) is 0 Å². The molecule has 0 aliphatic rings. The van der Waals surface area contributed by atoms with E-state index in [-0.39, 0.29) is 29.0 Å². The Hall–Kier alpha value is -3.66. The molecular formula is C25H21NO3. The van der Waals surface area contributed by atoms with E-state index < -0.39 is 0 Å². The fourth-order valence-corrected chi connectivity index (χ4v) is 3.48. The second kappa shape index (κ2) is 8.57. The minimum absolute atomic E-state index is 0.0709. The Balaban J connectivity index is 1.51. The van der Waals surface area contributed by atoms with Crippen LogP contribution < -0.4 is 0 Å². The first-order valence-corrected chi connectivity index (χ1v) is 9.59. The van der Waals surface area contributed by atoms with Crippen LogP contribution in [0.3, 0.4) is 0 Å². The maximum atomic E-state index is 12.8. The number of para-hydroxylation sites is 1. The first kappa shape index (κ1) is 18.7. The van der Waals surface area contributed by atoms with Crippen LogP contribution >= 0.6 is 0 Å². The quantitative estimate of drug-likeness (QED) is 0.407. The van der Waals surface area contributed by atoms with E-state index in [2.05, 4.69) is 29.2 Å². The highest BCUT2D eigenvalue weighted by atomic mass is 16.3. The van der Waals surface area contributed by atoms with Gasteiger partial charge < -0.3 is 9.52 Å². The van der Waals surface area contributed by atoms with E-state index in [0.29, 0.717) is 18.4 Å². The average Bonchev–Trinajstić information content (AvgIpc) is 3.26. The molecule has 0 spiro atoms. The van der Waals surface area contributed by atoms with Crippen molar-refractivity contribution in [1.29, 1.82) is 0 Å². The summed E-state index contributed by atoms with van der Waals surface area (Å²) in [6, 6.07) is 27.2. The second-order valence-electron chi connectivity index (χ2n) is 6.89. The van der Waals surface area contributed by atoms with Crippen LogP contribution in [0.25, 0.3) is 11.5 Å². The average molecular weight is 383 g/mol. The van der Waals surface area contributed by atoms with E-state index in [0.717, 1.165) is 0 Å². The molecule has 0 fully saturated rings. The number of aromatic hydroxyl groups is 1. The van der Waals surface area contributed by atoms with E-state index in [1.807, 2.05) is 36.4 Å². The van der Waals surface area contributed by atoms with Crippen molar-refractivity contribution in [1.82, 2.24) is 4.98 Å². The van der Waals surface area contributed by atoms with E-state index in [4.69, 9.17) is 4.42 Å². The van der Waals surface area contributed by atoms with Gasteiger partial charge in [-0.25, -0.2) is 4.98 Å². The number of phenolic OH excluding ortho intramolecular Hbond substituents is 1. The van der Waals surface area contributed by atoms with Crippen LogP contribution in [-0.4, -0.2) is 15.9 Å². The summed E-state index contributed by atoms with van der Waals surface area (Å²) in [6.07, 6.45) is 2.39. The van der Waals surface area contributed by atoms with Crippen molar-refractivity contribution in [3.63, 3.8) is 0 Å². The Morgan fingerprint density at radius 2 is 1.45 bits per heavy atom. The number of phenols is 1. The van der Waals surface area contributed by atoms with E-state index in [1.54, 1.807) is 24.3 Å². The number of ketones is 1. The Morgan fingerprint density at radius 1 is 0.862 bits per heavy atom. The van der Waals surface area contributed by atoms with Gasteiger partial charge in [0.1, 0.15) is 17.7 Å². The third-order valence-corrected chi connectivity index (χ3v) is 4.99. The zero-order valence-corrected chi connectivity index (χ0v) is 15.9. The number of hydrogen-bond donors (Lipinski definition) is 1. The summed E-state index contributed by atoms with van der Waals surface area (Å²) < 4.78 is 5.44. The molecule has 0 unspecified atom stereocenters. The molecule has 4 heteroatoms. The number of benzene rings is 3. The maximum absolute atomic E-state index is 12.8. The van der Waals surface area contributed by atoms with Crippen LogP contribution in [0.1, 0.15) is 40.4 Å². The van der Waals surface area contributed by atoms with Gasteiger partial charge in [0.05, 0.1) is 5.56 Å². The molecule has 0 radical (unpaired) electrons. The minimum atomic E-state index is -0.0766. The third kappa shape index (κ3) is 4.27. The molecule has 4 rings (SSSR count). The van der Waals surface area contributed by atoms with Crippen LogP contribution in [0, 0.1) is 0 Å². The molecular weight excluding hydrogens is 362 g/mol. The standard InChI is InChI=1S/C25H21NO3/c27-23-14-8-7-13-21(23)25-26-22(17-29-25)24(28)16-15-20(18-9-3-1-4-10-18)19-11-5-2-6-12-19/h1-14,17,20,27H,15-16H2. The van der Waals surface area contributed by atoms with E-state index in [1.165, 1.54) is 17.4 Å². The molecule has 1 aromatic heterocycles. The summed E-state index contributed by atoms with van der Waals surface area (Å²) in [7, 11) is 0. The van der Waals surface area contributed by atoms with Crippen molar-refractivity contribution in [3.05, 3.63) is 108 Å². The van der Waals surface area contributed by atoms with Gasteiger partial charge >= 0.3 is 0 Å². The lowest BCUT2D eigenvalue weighted by atomic mass is 9.87. The molecule has 0 atom stereocenters. The van der Waals surface area contributed by atoms with Crippen LogP contribution in [0.4, 0.5) is 0 Å². The summed E-state index contributed by atoms with van der Waals surface area (Å²) in [6.45, 7) is 0. The maximum Gasteiger partial charge on any atom is 0.230 e. The number of carbonyl (C=O) groups is 1. The highest BCUT2D eigenvalue weighted by molar-refractivity contribution is 5.94. The number of nitrogens with zero attached hydrogens (tertiary/aromatic N) is 1. The van der Waals surface area contributed by atoms with Gasteiger partial charge in [0.15, 0.2) is 5.78 Å². The van der Waals surface area contributed by atoms with E-state index in [9.17, 15) is 9.90 Å². The lowest BCUT2D eigenvalue weighted by Gasteiger charge is -2.17. The van der Waals surface area contributed by atoms with Gasteiger partial charge in [0.2, 0.25) is 5.89 Å². The van der Waals surface area contributed by atoms with Gasteiger partial charge in [0.25, 0.3) is 0 Å². The molecule has 0 amide bonds. The Bertz CT molecular complexity index is 1050. The number of Topliss-reactive ketones (excluding diaryl/α,β-unsaturated/α-hetero) is 1. The molecule has 3 aromatic carbocycles. The summed E-state index contributed by atoms with van der Waals surface area (Å²) >= 11 is 0. The highest BCUT2D eigenvalue weighted by Gasteiger charge is 2.19. The molecule has 0 aliphatic heterocycles. The van der Waals surface area contributed by atoms with Crippen LogP contribution in [0.2, 0.25) is 0 Å². The molecule has 1 N–H and O–H groups in total. The molecule has 29 heavy (non-hydrogen) atoms. The smallest absolute Gasteiger partial charge is 0.230 e. The Morgan fingerprint density at radius 3 is 2.07 bits per heavy atom. The second-order valence-corrected chi connectivity index (χ2v) is 6.89. The fourth-order valence-electron chi connectivity index (χ4n) is 3.48. The molecule has 0 bridgehead atoms. The van der Waals surface area contributed by atoms with Crippen LogP contribution in [-0.2, 0) is 0 Å². The predicted octanol–water partition coefficient (Wildman–Crippen LogP) is 5.84. The minimum Gasteiger partial charge on any atom is -0.507 e. The van der Waals surface area contributed by atoms with Crippen molar-refractivity contribution in [3.8, 4) is 17.2 Å². The highest BCUT2D eigenvalue weighted by Crippen LogP contribution is 2.31. The number of hydrogen-bond acceptors (Lipinski definition) is 4. The van der Waals surface area contributed by atoms with Gasteiger partial charge in [0, 0.05) is 12.3 Å². The van der Waals surface area contributed by atoms with Gasteiger partial charge in [-0.2, -0.15) is 0 Å². The predicted molar refractivity (Wildman–Crippen MR) is 112 cm³/mol. The normalized spacial score (nSPS) is 10.9. The molecule has 4 nitrogen and oxygen atoms in total.